The zero-order valence-electron chi connectivity index (χ0n) is 18.7. The average molecular weight is 499 g/mol. The maximum Gasteiger partial charge on any atom is 0.335 e. The van der Waals surface area contributed by atoms with Gasteiger partial charge in [0.15, 0.2) is 5.78 Å². The van der Waals surface area contributed by atoms with Gasteiger partial charge in [0.25, 0.3) is 15.9 Å². The number of carboxylic acids is 1. The quantitative estimate of drug-likeness (QED) is 0.428. The summed E-state index contributed by atoms with van der Waals surface area (Å²) >= 11 is 0. The minimum absolute atomic E-state index is 0.0366. The molecular formula is C27H18N2O6S. The third-order valence-electron chi connectivity index (χ3n) is 5.81. The Labute approximate surface area is 206 Å². The summed E-state index contributed by atoms with van der Waals surface area (Å²) in [4.78, 5) is 42.3. The Morgan fingerprint density at radius 2 is 1.56 bits per heavy atom. The topological polar surface area (TPSA) is 122 Å². The van der Waals surface area contributed by atoms with Crippen LogP contribution in [0, 0.1) is 0 Å². The molecule has 5 rings (SSSR count). The van der Waals surface area contributed by atoms with E-state index in [-0.39, 0.29) is 45.2 Å². The molecule has 1 N–H and O–H groups in total. The van der Waals surface area contributed by atoms with Crippen molar-refractivity contribution in [2.24, 2.45) is 0 Å². The Morgan fingerprint density at radius 3 is 2.25 bits per heavy atom. The molecule has 1 aliphatic carbocycles. The Morgan fingerprint density at radius 1 is 0.889 bits per heavy atom. The first kappa shape index (κ1) is 23.1. The smallest absolute Gasteiger partial charge is 0.335 e. The number of amides is 1. The molecule has 3 aromatic carbocycles. The second-order valence-corrected chi connectivity index (χ2v) is 9.82. The Hall–Kier alpha value is -4.63. The van der Waals surface area contributed by atoms with Crippen molar-refractivity contribution in [3.05, 3.63) is 107 Å². The fourth-order valence-electron chi connectivity index (χ4n) is 4.12. The minimum atomic E-state index is -4.49. The Bertz CT molecular complexity index is 1680. The van der Waals surface area contributed by atoms with E-state index in [4.69, 9.17) is 0 Å². The molecule has 0 fully saturated rings. The predicted octanol–water partition coefficient (Wildman–Crippen LogP) is 4.57. The molecule has 9 heteroatoms. The summed E-state index contributed by atoms with van der Waals surface area (Å²) in [5.74, 6) is -2.34. The van der Waals surface area contributed by atoms with Crippen molar-refractivity contribution in [1.29, 1.82) is 0 Å². The van der Waals surface area contributed by atoms with E-state index in [1.54, 1.807) is 54.6 Å². The van der Waals surface area contributed by atoms with Gasteiger partial charge >= 0.3 is 5.97 Å². The lowest BCUT2D eigenvalue weighted by Crippen LogP contribution is -2.38. The first-order chi connectivity index (χ1) is 17.3. The lowest BCUT2D eigenvalue weighted by atomic mass is 9.93. The fraction of sp³-hybridized carbons (Fsp3) is 0.0370. The van der Waals surface area contributed by atoms with E-state index in [9.17, 15) is 27.9 Å². The van der Waals surface area contributed by atoms with E-state index in [1.807, 2.05) is 0 Å². The first-order valence-electron chi connectivity index (χ1n) is 10.9. The first-order valence-corrected chi connectivity index (χ1v) is 12.3. The van der Waals surface area contributed by atoms with Crippen LogP contribution in [0.2, 0.25) is 0 Å². The van der Waals surface area contributed by atoms with Crippen molar-refractivity contribution in [3.8, 4) is 0 Å². The van der Waals surface area contributed by atoms with Crippen molar-refractivity contribution >= 4 is 50.3 Å². The van der Waals surface area contributed by atoms with Gasteiger partial charge in [-0.05, 0) is 42.5 Å². The van der Waals surface area contributed by atoms with Gasteiger partial charge in [0.2, 0.25) is 0 Å². The van der Waals surface area contributed by atoms with Crippen LogP contribution in [-0.2, 0) is 10.0 Å². The van der Waals surface area contributed by atoms with Gasteiger partial charge in [0, 0.05) is 17.4 Å². The number of sulfonamides is 1. The molecule has 1 amide bonds. The largest absolute Gasteiger partial charge is 0.478 e. The zero-order valence-corrected chi connectivity index (χ0v) is 19.5. The molecule has 4 aromatic rings. The molecule has 0 spiro atoms. The van der Waals surface area contributed by atoms with Gasteiger partial charge in [-0.2, -0.15) is 4.31 Å². The standard InChI is InChI=1S/C27H18N2O6S/c30-23-12-6-10-21-24(20-9-4-5-11-22(20)28-25(21)23)26(31)29(18-7-2-1-3-8-18)36(34,35)19-15-13-17(14-16-19)27(32)33/h1-11,13-16H,12H2,(H,32,33). The number of allylic oxidation sites excluding steroid dienone is 1. The van der Waals surface area contributed by atoms with Crippen LogP contribution in [0.25, 0.3) is 17.0 Å². The number of anilines is 1. The number of nitrogens with zero attached hydrogens (tertiary/aromatic N) is 2. The van der Waals surface area contributed by atoms with Gasteiger partial charge in [0.1, 0.15) is 5.69 Å². The number of pyridine rings is 1. The molecular weight excluding hydrogens is 480 g/mol. The van der Waals surface area contributed by atoms with Gasteiger partial charge in [-0.3, -0.25) is 9.59 Å². The second-order valence-electron chi connectivity index (χ2n) is 8.04. The molecule has 0 aliphatic heterocycles. The molecule has 0 bridgehead atoms. The Kier molecular flexibility index (Phi) is 5.69. The molecule has 1 heterocycles. The molecule has 0 unspecified atom stereocenters. The van der Waals surface area contributed by atoms with Crippen LogP contribution in [0.3, 0.4) is 0 Å². The van der Waals surface area contributed by atoms with Crippen LogP contribution in [0.5, 0.6) is 0 Å². The number of carboxylic acid groups (broad SMARTS) is 1. The third-order valence-corrected chi connectivity index (χ3v) is 7.54. The summed E-state index contributed by atoms with van der Waals surface area (Å²) in [6.45, 7) is 0. The number of hydrogen-bond donors (Lipinski definition) is 1. The second kappa shape index (κ2) is 8.86. The lowest BCUT2D eigenvalue weighted by molar-refractivity contribution is 0.0696. The summed E-state index contributed by atoms with van der Waals surface area (Å²) < 4.78 is 28.4. The summed E-state index contributed by atoms with van der Waals surface area (Å²) in [6.07, 6.45) is 3.35. The van der Waals surface area contributed by atoms with Gasteiger partial charge in [-0.15, -0.1) is 0 Å². The number of fused-ring (bicyclic) bond motifs is 2. The van der Waals surface area contributed by atoms with Crippen LogP contribution < -0.4 is 4.31 Å². The molecule has 1 aromatic heterocycles. The summed E-state index contributed by atoms with van der Waals surface area (Å²) in [6, 6.07) is 19.2. The van der Waals surface area contributed by atoms with Crippen molar-refractivity contribution in [3.63, 3.8) is 0 Å². The van der Waals surface area contributed by atoms with E-state index in [0.29, 0.717) is 15.2 Å². The maximum atomic E-state index is 14.2. The van der Waals surface area contributed by atoms with Gasteiger partial charge in [-0.1, -0.05) is 48.6 Å². The van der Waals surface area contributed by atoms with Gasteiger partial charge < -0.3 is 5.11 Å². The molecule has 8 nitrogen and oxygen atoms in total. The van der Waals surface area contributed by atoms with Crippen LogP contribution >= 0.6 is 0 Å². The highest BCUT2D eigenvalue weighted by molar-refractivity contribution is 7.93. The number of aromatic carboxylic acids is 1. The van der Waals surface area contributed by atoms with Crippen LogP contribution in [0.15, 0.2) is 89.8 Å². The van der Waals surface area contributed by atoms with E-state index >= 15 is 0 Å². The number of carbonyl (C=O) groups excluding carboxylic acids is 2. The number of rotatable bonds is 5. The Balaban J connectivity index is 1.77. The number of Topliss-reactive ketones (excluding diaryl/α,β-unsaturated/α-hetero) is 1. The highest BCUT2D eigenvalue weighted by atomic mass is 32.2. The molecule has 0 radical (unpaired) electrons. The summed E-state index contributed by atoms with van der Waals surface area (Å²) in [5.41, 5.74) is 0.784. The van der Waals surface area contributed by atoms with Crippen molar-refractivity contribution < 1.29 is 27.9 Å². The van der Waals surface area contributed by atoms with E-state index in [0.717, 1.165) is 24.3 Å². The highest BCUT2D eigenvalue weighted by Crippen LogP contribution is 2.33. The molecule has 1 aliphatic rings. The van der Waals surface area contributed by atoms with Gasteiger partial charge in [0.05, 0.1) is 27.2 Å². The minimum Gasteiger partial charge on any atom is -0.478 e. The fourth-order valence-corrected chi connectivity index (χ4v) is 5.52. The van der Waals surface area contributed by atoms with Crippen LogP contribution in [0.4, 0.5) is 5.69 Å². The van der Waals surface area contributed by atoms with Gasteiger partial charge in [-0.25, -0.2) is 18.2 Å². The van der Waals surface area contributed by atoms with E-state index < -0.39 is 21.9 Å². The maximum absolute atomic E-state index is 14.2. The highest BCUT2D eigenvalue weighted by Gasteiger charge is 2.35. The molecule has 0 atom stereocenters. The number of hydrogen-bond acceptors (Lipinski definition) is 6. The van der Waals surface area contributed by atoms with Crippen molar-refractivity contribution in [2.75, 3.05) is 4.31 Å². The summed E-state index contributed by atoms with van der Waals surface area (Å²) in [7, 11) is -4.49. The SMILES string of the molecule is O=C(O)c1ccc(S(=O)(=O)N(C(=O)c2c3c(nc4ccccc24)C(=O)CC=C3)c2ccccc2)cc1. The average Bonchev–Trinajstić information content (AvgIpc) is 2.88. The zero-order chi connectivity index (χ0) is 25.4. The molecule has 0 saturated heterocycles. The van der Waals surface area contributed by atoms with Crippen molar-refractivity contribution in [2.45, 2.75) is 11.3 Å². The van der Waals surface area contributed by atoms with Crippen LogP contribution in [-0.4, -0.2) is 36.2 Å². The number of benzene rings is 3. The van der Waals surface area contributed by atoms with Crippen molar-refractivity contribution in [1.82, 2.24) is 4.98 Å². The lowest BCUT2D eigenvalue weighted by Gasteiger charge is -2.25. The third kappa shape index (κ3) is 3.85. The number of para-hydroxylation sites is 2. The predicted molar refractivity (Wildman–Crippen MR) is 134 cm³/mol. The van der Waals surface area contributed by atoms with E-state index in [1.165, 1.54) is 12.1 Å². The number of carbonyl (C=O) groups is 3. The summed E-state index contributed by atoms with van der Waals surface area (Å²) in [5, 5.41) is 9.58. The number of ketones is 1. The normalized spacial score (nSPS) is 12.8. The number of aromatic nitrogens is 1. The molecule has 0 saturated carbocycles. The molecule has 178 valence electrons. The van der Waals surface area contributed by atoms with Crippen LogP contribution in [0.1, 0.15) is 43.2 Å². The van der Waals surface area contributed by atoms with E-state index in [2.05, 4.69) is 4.98 Å². The monoisotopic (exact) mass is 498 g/mol. The molecule has 36 heavy (non-hydrogen) atoms.